The van der Waals surface area contributed by atoms with Crippen molar-refractivity contribution in [2.45, 2.75) is 50.7 Å². The van der Waals surface area contributed by atoms with E-state index in [1.807, 2.05) is 18.5 Å². The topological polar surface area (TPSA) is 87.7 Å². The van der Waals surface area contributed by atoms with Crippen LogP contribution >= 0.6 is 0 Å². The maximum Gasteiger partial charge on any atom is 0.316 e. The average molecular weight is 448 g/mol. The normalized spacial score (nSPS) is 21.8. The fourth-order valence-electron chi connectivity index (χ4n) is 5.14. The molecule has 1 atom stereocenters. The number of ether oxygens (including phenoxy) is 1. The summed E-state index contributed by atoms with van der Waals surface area (Å²) in [7, 11) is 1.57. The highest BCUT2D eigenvalue weighted by Crippen LogP contribution is 2.34. The highest BCUT2D eigenvalue weighted by molar-refractivity contribution is 6.01. The lowest BCUT2D eigenvalue weighted by molar-refractivity contribution is -0.126. The summed E-state index contributed by atoms with van der Waals surface area (Å²) in [4.78, 5) is 37.9. The minimum atomic E-state index is -0.413. The molecule has 2 aromatic rings. The summed E-state index contributed by atoms with van der Waals surface area (Å²) in [6, 6.07) is 6.21. The monoisotopic (exact) mass is 447 g/mol. The van der Waals surface area contributed by atoms with Gasteiger partial charge in [0.1, 0.15) is 6.04 Å². The fourth-order valence-corrected chi connectivity index (χ4v) is 5.14. The van der Waals surface area contributed by atoms with Gasteiger partial charge in [0.15, 0.2) is 0 Å². The first-order chi connectivity index (χ1) is 16.0. The molecule has 1 unspecified atom stereocenters. The van der Waals surface area contributed by atoms with Crippen LogP contribution in [0.3, 0.4) is 0 Å². The fraction of sp³-hybridized carbons (Fsp3) is 0.440. The summed E-state index contributed by atoms with van der Waals surface area (Å²) in [5.74, 6) is 0.312. The van der Waals surface area contributed by atoms with Crippen molar-refractivity contribution in [3.8, 4) is 6.01 Å². The zero-order valence-corrected chi connectivity index (χ0v) is 18.9. The number of methoxy groups -OCH3 is 1. The smallest absolute Gasteiger partial charge is 0.316 e. The van der Waals surface area contributed by atoms with Crippen LogP contribution in [0.2, 0.25) is 0 Å². The predicted molar refractivity (Wildman–Crippen MR) is 122 cm³/mol. The molecule has 0 bridgehead atoms. The number of allylic oxidation sites excluding steroid dienone is 1. The number of benzene rings is 1. The number of likely N-dealkylation sites (tertiary alicyclic amines) is 1. The molecule has 3 aliphatic heterocycles. The van der Waals surface area contributed by atoms with Gasteiger partial charge in [-0.2, -0.15) is 0 Å². The zero-order valence-electron chi connectivity index (χ0n) is 18.9. The molecule has 0 spiro atoms. The number of hydrogen-bond donors (Lipinski definition) is 1. The minimum Gasteiger partial charge on any atom is -0.467 e. The molecule has 8 heteroatoms. The third-order valence-corrected chi connectivity index (χ3v) is 6.99. The van der Waals surface area contributed by atoms with Crippen molar-refractivity contribution >= 4 is 11.8 Å². The number of hydrogen-bond acceptors (Lipinski definition) is 6. The lowest BCUT2D eigenvalue weighted by Crippen LogP contribution is -2.49. The predicted octanol–water partition coefficient (Wildman–Crippen LogP) is 2.61. The SMILES string of the molecule is C=C1CCC(N2Cc3cc(C4CCN(Cc5cnc(OC)nc5)CC4)ccc3C2=O)C(=O)N1. The number of carbonyl (C=O) groups excluding carboxylic acids is 2. The quantitative estimate of drug-likeness (QED) is 0.758. The van der Waals surface area contributed by atoms with Crippen LogP contribution in [0.1, 0.15) is 58.6 Å². The van der Waals surface area contributed by atoms with Crippen molar-refractivity contribution in [3.63, 3.8) is 0 Å². The zero-order chi connectivity index (χ0) is 22.9. The highest BCUT2D eigenvalue weighted by atomic mass is 16.5. The largest absolute Gasteiger partial charge is 0.467 e. The van der Waals surface area contributed by atoms with E-state index in [9.17, 15) is 9.59 Å². The Labute approximate surface area is 193 Å². The molecular weight excluding hydrogens is 418 g/mol. The van der Waals surface area contributed by atoms with Gasteiger partial charge < -0.3 is 15.0 Å². The summed E-state index contributed by atoms with van der Waals surface area (Å²) in [5.41, 5.74) is 4.87. The van der Waals surface area contributed by atoms with Crippen molar-refractivity contribution in [3.05, 3.63) is 65.1 Å². The molecule has 2 saturated heterocycles. The van der Waals surface area contributed by atoms with Crippen LogP contribution < -0.4 is 10.1 Å². The Balaban J connectivity index is 1.21. The molecule has 0 radical (unpaired) electrons. The van der Waals surface area contributed by atoms with Gasteiger partial charge in [-0.1, -0.05) is 18.7 Å². The molecule has 0 aliphatic carbocycles. The van der Waals surface area contributed by atoms with Crippen molar-refractivity contribution in [1.29, 1.82) is 0 Å². The van der Waals surface area contributed by atoms with Crippen molar-refractivity contribution in [2.75, 3.05) is 20.2 Å². The van der Waals surface area contributed by atoms with E-state index in [2.05, 4.69) is 38.9 Å². The summed E-state index contributed by atoms with van der Waals surface area (Å²) >= 11 is 0. The molecule has 5 rings (SSSR count). The Kier molecular flexibility index (Phi) is 5.85. The first-order valence-corrected chi connectivity index (χ1v) is 11.5. The van der Waals surface area contributed by atoms with Gasteiger partial charge in [0, 0.05) is 42.3 Å². The molecule has 172 valence electrons. The molecule has 8 nitrogen and oxygen atoms in total. The van der Waals surface area contributed by atoms with Crippen molar-refractivity contribution in [2.24, 2.45) is 0 Å². The van der Waals surface area contributed by atoms with Crippen LogP contribution in [0, 0.1) is 0 Å². The standard InChI is InChI=1S/C25H29N5O3/c1-16-3-6-22(23(31)28-16)30-15-20-11-19(4-5-21(20)24(30)32)18-7-9-29(10-8-18)14-17-12-26-25(33-2)27-13-17/h4-5,11-13,18,22H,1,3,6-10,14-15H2,2H3,(H,28,31). The number of piperidine rings is 2. The second kappa shape index (κ2) is 8.94. The number of rotatable bonds is 5. The van der Waals surface area contributed by atoms with Crippen LogP contribution in [-0.2, 0) is 17.9 Å². The molecule has 0 saturated carbocycles. The number of nitrogens with one attached hydrogen (secondary N) is 1. The Morgan fingerprint density at radius 3 is 2.61 bits per heavy atom. The van der Waals surface area contributed by atoms with Crippen molar-refractivity contribution < 1.29 is 14.3 Å². The summed E-state index contributed by atoms with van der Waals surface area (Å²) in [6.07, 6.45) is 7.13. The van der Waals surface area contributed by atoms with E-state index in [0.29, 0.717) is 31.3 Å². The molecule has 1 aromatic carbocycles. The van der Waals surface area contributed by atoms with E-state index in [-0.39, 0.29) is 11.8 Å². The lowest BCUT2D eigenvalue weighted by atomic mass is 9.88. The van der Waals surface area contributed by atoms with E-state index in [1.165, 1.54) is 5.56 Å². The van der Waals surface area contributed by atoms with Crippen LogP contribution in [0.5, 0.6) is 6.01 Å². The van der Waals surface area contributed by atoms with Gasteiger partial charge in [-0.05, 0) is 61.9 Å². The van der Waals surface area contributed by atoms with Gasteiger partial charge >= 0.3 is 6.01 Å². The average Bonchev–Trinajstić information content (AvgIpc) is 3.15. The van der Waals surface area contributed by atoms with Crippen LogP contribution in [0.4, 0.5) is 0 Å². The Morgan fingerprint density at radius 2 is 1.91 bits per heavy atom. The van der Waals surface area contributed by atoms with E-state index >= 15 is 0 Å². The highest BCUT2D eigenvalue weighted by Gasteiger charge is 2.38. The van der Waals surface area contributed by atoms with Gasteiger partial charge in [-0.3, -0.25) is 14.5 Å². The van der Waals surface area contributed by atoms with Crippen LogP contribution in [0.25, 0.3) is 0 Å². The first-order valence-electron chi connectivity index (χ1n) is 11.5. The van der Waals surface area contributed by atoms with Gasteiger partial charge in [0.25, 0.3) is 5.91 Å². The Hall–Kier alpha value is -3.26. The first kappa shape index (κ1) is 21.6. The molecule has 1 aromatic heterocycles. The van der Waals surface area contributed by atoms with Crippen molar-refractivity contribution in [1.82, 2.24) is 25.1 Å². The number of carbonyl (C=O) groups is 2. The second-order valence-corrected chi connectivity index (χ2v) is 9.13. The molecule has 33 heavy (non-hydrogen) atoms. The number of amides is 2. The van der Waals surface area contributed by atoms with E-state index in [4.69, 9.17) is 4.74 Å². The number of nitrogens with zero attached hydrogens (tertiary/aromatic N) is 4. The summed E-state index contributed by atoms with van der Waals surface area (Å²) in [6.45, 7) is 7.18. The molecule has 2 fully saturated rings. The molecule has 3 aliphatic rings. The summed E-state index contributed by atoms with van der Waals surface area (Å²) in [5, 5.41) is 2.80. The van der Waals surface area contributed by atoms with Crippen LogP contribution in [0.15, 0.2) is 42.9 Å². The third-order valence-electron chi connectivity index (χ3n) is 6.99. The Bertz CT molecular complexity index is 1080. The maximum absolute atomic E-state index is 13.0. The van der Waals surface area contributed by atoms with Crippen LogP contribution in [-0.4, -0.2) is 57.8 Å². The van der Waals surface area contributed by atoms with Gasteiger partial charge in [0.05, 0.1) is 7.11 Å². The van der Waals surface area contributed by atoms with Gasteiger partial charge in [0.2, 0.25) is 5.91 Å². The second-order valence-electron chi connectivity index (χ2n) is 9.13. The lowest BCUT2D eigenvalue weighted by Gasteiger charge is -2.32. The molecule has 2 amide bonds. The van der Waals surface area contributed by atoms with E-state index in [1.54, 1.807) is 12.0 Å². The molecule has 1 N–H and O–H groups in total. The number of fused-ring (bicyclic) bond motifs is 1. The van der Waals surface area contributed by atoms with E-state index < -0.39 is 6.04 Å². The molecule has 4 heterocycles. The minimum absolute atomic E-state index is 0.0410. The van der Waals surface area contributed by atoms with Gasteiger partial charge in [-0.25, -0.2) is 9.97 Å². The number of aromatic nitrogens is 2. The summed E-state index contributed by atoms with van der Waals surface area (Å²) < 4.78 is 5.03. The Morgan fingerprint density at radius 1 is 1.15 bits per heavy atom. The van der Waals surface area contributed by atoms with E-state index in [0.717, 1.165) is 54.9 Å². The molecular formula is C25H29N5O3. The van der Waals surface area contributed by atoms with Gasteiger partial charge in [-0.15, -0.1) is 0 Å². The maximum atomic E-state index is 13.0. The third kappa shape index (κ3) is 4.35.